The van der Waals surface area contributed by atoms with Crippen LogP contribution in [0.4, 0.5) is 0 Å². The zero-order chi connectivity index (χ0) is 19.6. The fourth-order valence-corrected chi connectivity index (χ4v) is 3.86. The highest BCUT2D eigenvalue weighted by Crippen LogP contribution is 2.30. The van der Waals surface area contributed by atoms with Gasteiger partial charge in [-0.05, 0) is 43.4 Å². The number of hydrogen-bond acceptors (Lipinski definition) is 3. The number of carbonyl (C=O) groups is 1. The number of carboxylic acids is 1. The molecule has 0 aromatic heterocycles. The number of carboxylic acid groups (broad SMARTS) is 1. The standard InChI is InChI=1S/C24H31NO3.ClH/c26-23(27)14-8-3-9-17-25-18-15-22(16-19-25)28-24(20-10-4-1-5-11-20)21-12-6-2-7-13-21;/h1-2,4-7,10-13,22,24H,3,8-9,14-19H2,(H,26,27);1H. The van der Waals surface area contributed by atoms with Crippen molar-refractivity contribution in [3.63, 3.8) is 0 Å². The van der Waals surface area contributed by atoms with Crippen LogP contribution in [0, 0.1) is 0 Å². The van der Waals surface area contributed by atoms with Gasteiger partial charge in [-0.2, -0.15) is 0 Å². The highest BCUT2D eigenvalue weighted by Gasteiger charge is 2.24. The molecule has 1 fully saturated rings. The van der Waals surface area contributed by atoms with Gasteiger partial charge in [0.1, 0.15) is 6.10 Å². The maximum absolute atomic E-state index is 10.6. The molecule has 158 valence electrons. The molecule has 1 saturated heterocycles. The minimum absolute atomic E-state index is 0. The summed E-state index contributed by atoms with van der Waals surface area (Å²) in [4.78, 5) is 13.1. The molecule has 2 aromatic rings. The smallest absolute Gasteiger partial charge is 0.303 e. The van der Waals surface area contributed by atoms with Gasteiger partial charge in [-0.3, -0.25) is 4.79 Å². The van der Waals surface area contributed by atoms with Gasteiger partial charge in [0, 0.05) is 19.5 Å². The van der Waals surface area contributed by atoms with Gasteiger partial charge in [-0.25, -0.2) is 0 Å². The minimum Gasteiger partial charge on any atom is -0.481 e. The van der Waals surface area contributed by atoms with E-state index in [1.54, 1.807) is 0 Å². The molecule has 0 unspecified atom stereocenters. The molecule has 2 aromatic carbocycles. The van der Waals surface area contributed by atoms with Gasteiger partial charge < -0.3 is 14.7 Å². The topological polar surface area (TPSA) is 49.8 Å². The number of likely N-dealkylation sites (tertiary alicyclic amines) is 1. The van der Waals surface area contributed by atoms with Crippen molar-refractivity contribution in [3.05, 3.63) is 71.8 Å². The Balaban J connectivity index is 0.00000300. The normalized spacial score (nSPS) is 15.2. The van der Waals surface area contributed by atoms with Crippen molar-refractivity contribution in [2.75, 3.05) is 19.6 Å². The fraction of sp³-hybridized carbons (Fsp3) is 0.458. The molecule has 3 rings (SSSR count). The maximum Gasteiger partial charge on any atom is 0.303 e. The Hall–Kier alpha value is -1.88. The molecular weight excluding hydrogens is 386 g/mol. The lowest BCUT2D eigenvalue weighted by Crippen LogP contribution is -2.38. The van der Waals surface area contributed by atoms with Gasteiger partial charge in [0.15, 0.2) is 0 Å². The van der Waals surface area contributed by atoms with E-state index >= 15 is 0 Å². The summed E-state index contributed by atoms with van der Waals surface area (Å²) in [6, 6.07) is 20.9. The number of ether oxygens (including phenoxy) is 1. The maximum atomic E-state index is 10.6. The van der Waals surface area contributed by atoms with Crippen molar-refractivity contribution in [2.45, 2.75) is 50.7 Å². The number of piperidine rings is 1. The first-order valence-electron chi connectivity index (χ1n) is 10.4. The Kier molecular flexibility index (Phi) is 10.2. The Morgan fingerprint density at radius 1 is 0.931 bits per heavy atom. The highest BCUT2D eigenvalue weighted by atomic mass is 35.5. The second kappa shape index (κ2) is 12.6. The van der Waals surface area contributed by atoms with Gasteiger partial charge in [0.05, 0.1) is 6.10 Å². The molecule has 4 nitrogen and oxygen atoms in total. The number of nitrogens with zero attached hydrogens (tertiary/aromatic N) is 1. The molecule has 1 aliphatic heterocycles. The summed E-state index contributed by atoms with van der Waals surface area (Å²) in [6.45, 7) is 3.17. The van der Waals surface area contributed by atoms with Crippen LogP contribution in [0.5, 0.6) is 0 Å². The van der Waals surface area contributed by atoms with E-state index in [9.17, 15) is 4.79 Å². The van der Waals surface area contributed by atoms with Crippen molar-refractivity contribution < 1.29 is 14.6 Å². The van der Waals surface area contributed by atoms with Crippen LogP contribution in [-0.4, -0.2) is 41.7 Å². The Labute approximate surface area is 180 Å². The van der Waals surface area contributed by atoms with Gasteiger partial charge >= 0.3 is 5.97 Å². The van der Waals surface area contributed by atoms with E-state index in [0.717, 1.165) is 51.7 Å². The molecule has 0 spiro atoms. The van der Waals surface area contributed by atoms with Crippen molar-refractivity contribution >= 4 is 18.4 Å². The average Bonchev–Trinajstić information content (AvgIpc) is 2.74. The lowest BCUT2D eigenvalue weighted by molar-refractivity contribution is -0.137. The van der Waals surface area contributed by atoms with Crippen LogP contribution in [0.25, 0.3) is 0 Å². The first-order chi connectivity index (χ1) is 13.7. The first-order valence-corrected chi connectivity index (χ1v) is 10.4. The predicted octanol–water partition coefficient (Wildman–Crippen LogP) is 5.32. The fourth-order valence-electron chi connectivity index (χ4n) is 3.86. The van der Waals surface area contributed by atoms with E-state index in [4.69, 9.17) is 9.84 Å². The molecule has 1 heterocycles. The Bertz CT molecular complexity index is 663. The van der Waals surface area contributed by atoms with E-state index in [2.05, 4.69) is 53.4 Å². The Morgan fingerprint density at radius 2 is 1.48 bits per heavy atom. The lowest BCUT2D eigenvalue weighted by Gasteiger charge is -2.34. The van der Waals surface area contributed by atoms with E-state index in [1.165, 1.54) is 11.1 Å². The average molecular weight is 418 g/mol. The number of aliphatic carboxylic acids is 1. The second-order valence-electron chi connectivity index (χ2n) is 7.58. The first kappa shape index (κ1) is 23.4. The lowest BCUT2D eigenvalue weighted by atomic mass is 10.00. The molecule has 5 heteroatoms. The third-order valence-electron chi connectivity index (χ3n) is 5.43. The zero-order valence-electron chi connectivity index (χ0n) is 16.9. The summed E-state index contributed by atoms with van der Waals surface area (Å²) in [5.74, 6) is -0.690. The van der Waals surface area contributed by atoms with Crippen molar-refractivity contribution in [2.24, 2.45) is 0 Å². The number of unbranched alkanes of at least 4 members (excludes halogenated alkanes) is 2. The SMILES string of the molecule is Cl.O=C(O)CCCCCN1CCC(OC(c2ccccc2)c2ccccc2)CC1. The number of benzene rings is 2. The van der Waals surface area contributed by atoms with E-state index in [-0.39, 0.29) is 31.0 Å². The third kappa shape index (κ3) is 7.81. The van der Waals surface area contributed by atoms with Gasteiger partial charge in [-0.1, -0.05) is 67.1 Å². The number of halogens is 1. The molecule has 1 aliphatic rings. The van der Waals surface area contributed by atoms with Crippen LogP contribution in [0.3, 0.4) is 0 Å². The number of hydrogen-bond donors (Lipinski definition) is 1. The van der Waals surface area contributed by atoms with Crippen molar-refractivity contribution in [1.82, 2.24) is 4.90 Å². The van der Waals surface area contributed by atoms with Gasteiger partial charge in [-0.15, -0.1) is 12.4 Å². The van der Waals surface area contributed by atoms with Crippen LogP contribution >= 0.6 is 12.4 Å². The number of rotatable bonds is 10. The van der Waals surface area contributed by atoms with E-state index in [1.807, 2.05) is 12.1 Å². The van der Waals surface area contributed by atoms with Gasteiger partial charge in [0.25, 0.3) is 0 Å². The third-order valence-corrected chi connectivity index (χ3v) is 5.43. The minimum atomic E-state index is -0.690. The quantitative estimate of drug-likeness (QED) is 0.531. The summed E-state index contributed by atoms with van der Waals surface area (Å²) in [6.07, 6.45) is 5.49. The van der Waals surface area contributed by atoms with Crippen LogP contribution in [0.2, 0.25) is 0 Å². The zero-order valence-corrected chi connectivity index (χ0v) is 17.7. The van der Waals surface area contributed by atoms with Crippen molar-refractivity contribution in [1.29, 1.82) is 0 Å². The summed E-state index contributed by atoms with van der Waals surface area (Å²) in [5.41, 5.74) is 2.41. The second-order valence-corrected chi connectivity index (χ2v) is 7.58. The summed E-state index contributed by atoms with van der Waals surface area (Å²) in [7, 11) is 0. The summed E-state index contributed by atoms with van der Waals surface area (Å²) < 4.78 is 6.59. The van der Waals surface area contributed by atoms with E-state index < -0.39 is 5.97 Å². The largest absolute Gasteiger partial charge is 0.481 e. The van der Waals surface area contributed by atoms with E-state index in [0.29, 0.717) is 0 Å². The van der Waals surface area contributed by atoms with Gasteiger partial charge in [0.2, 0.25) is 0 Å². The molecular formula is C24H32ClNO3. The molecule has 0 radical (unpaired) electrons. The molecule has 0 amide bonds. The summed E-state index contributed by atoms with van der Waals surface area (Å²) >= 11 is 0. The highest BCUT2D eigenvalue weighted by molar-refractivity contribution is 5.85. The molecule has 0 bridgehead atoms. The molecule has 1 N–H and O–H groups in total. The molecule has 0 saturated carbocycles. The van der Waals surface area contributed by atoms with Crippen LogP contribution in [0.1, 0.15) is 55.8 Å². The predicted molar refractivity (Wildman–Crippen MR) is 119 cm³/mol. The molecule has 0 aliphatic carbocycles. The van der Waals surface area contributed by atoms with Crippen LogP contribution < -0.4 is 0 Å². The van der Waals surface area contributed by atoms with Crippen LogP contribution in [0.15, 0.2) is 60.7 Å². The monoisotopic (exact) mass is 417 g/mol. The molecule has 29 heavy (non-hydrogen) atoms. The molecule has 0 atom stereocenters. The Morgan fingerprint density at radius 3 is 2.00 bits per heavy atom. The van der Waals surface area contributed by atoms with Crippen LogP contribution in [-0.2, 0) is 9.53 Å². The summed E-state index contributed by atoms with van der Waals surface area (Å²) in [5, 5.41) is 8.70. The van der Waals surface area contributed by atoms with Crippen molar-refractivity contribution in [3.8, 4) is 0 Å².